The number of benzene rings is 1. The molecule has 0 bridgehead atoms. The van der Waals surface area contributed by atoms with Crippen LogP contribution in [0.25, 0.3) is 0 Å². The Kier molecular flexibility index (Phi) is 6.43. The lowest BCUT2D eigenvalue weighted by molar-refractivity contribution is -0.133. The average molecular weight is 427 g/mol. The average Bonchev–Trinajstić information content (AvgIpc) is 3.06. The van der Waals surface area contributed by atoms with Crippen molar-refractivity contribution < 1.29 is 17.6 Å². The number of aryl methyl sites for hydroxylation is 1. The third-order valence-corrected chi connectivity index (χ3v) is 7.32. The number of sulfonamides is 1. The minimum absolute atomic E-state index is 0.0356. The van der Waals surface area contributed by atoms with E-state index in [1.54, 1.807) is 16.2 Å². The molecule has 152 valence electrons. The van der Waals surface area contributed by atoms with E-state index in [1.165, 1.54) is 22.5 Å². The van der Waals surface area contributed by atoms with Gasteiger partial charge >= 0.3 is 0 Å². The number of thiazole rings is 1. The number of halogens is 1. The number of carbonyl (C=O) groups excluding carboxylic acids is 1. The highest BCUT2D eigenvalue weighted by Gasteiger charge is 2.30. The number of rotatable bonds is 6. The van der Waals surface area contributed by atoms with E-state index in [0.717, 1.165) is 16.0 Å². The fourth-order valence-electron chi connectivity index (χ4n) is 3.09. The predicted octanol–water partition coefficient (Wildman–Crippen LogP) is 1.56. The summed E-state index contributed by atoms with van der Waals surface area (Å²) in [6.45, 7) is 3.88. The third-order valence-electron chi connectivity index (χ3n) is 4.53. The Morgan fingerprint density at radius 3 is 2.61 bits per heavy atom. The molecule has 1 aliphatic heterocycles. The van der Waals surface area contributed by atoms with Gasteiger partial charge in [-0.05, 0) is 32.2 Å². The molecule has 0 aliphatic carbocycles. The van der Waals surface area contributed by atoms with E-state index >= 15 is 0 Å². The topological polar surface area (TPSA) is 73.8 Å². The van der Waals surface area contributed by atoms with Crippen LogP contribution in [0.15, 0.2) is 35.4 Å². The van der Waals surface area contributed by atoms with Crippen molar-refractivity contribution in [1.82, 2.24) is 19.1 Å². The largest absolute Gasteiger partial charge is 0.339 e. The van der Waals surface area contributed by atoms with Crippen LogP contribution in [0, 0.1) is 12.7 Å². The molecule has 0 saturated carbocycles. The van der Waals surface area contributed by atoms with Crippen LogP contribution < -0.4 is 0 Å². The lowest BCUT2D eigenvalue weighted by Gasteiger charge is -2.34. The van der Waals surface area contributed by atoms with Crippen LogP contribution in [-0.2, 0) is 21.4 Å². The van der Waals surface area contributed by atoms with Crippen LogP contribution in [0.3, 0.4) is 0 Å². The number of hydrogen-bond acceptors (Lipinski definition) is 6. The first-order chi connectivity index (χ1) is 13.3. The number of piperazine rings is 1. The maximum atomic E-state index is 13.4. The van der Waals surface area contributed by atoms with Crippen LogP contribution in [0.4, 0.5) is 4.39 Å². The first-order valence-corrected chi connectivity index (χ1v) is 11.1. The normalized spacial score (nSPS) is 15.9. The van der Waals surface area contributed by atoms with E-state index in [9.17, 15) is 17.6 Å². The van der Waals surface area contributed by atoms with Gasteiger partial charge in [-0.25, -0.2) is 17.8 Å². The van der Waals surface area contributed by atoms with Gasteiger partial charge in [-0.3, -0.25) is 9.69 Å². The van der Waals surface area contributed by atoms with Gasteiger partial charge in [-0.15, -0.1) is 11.3 Å². The van der Waals surface area contributed by atoms with Gasteiger partial charge in [0.25, 0.3) is 0 Å². The SMILES string of the molecule is Cc1ncc(CN(C)CC(=O)N2CCN(S(=O)(=O)c3cccc(F)c3)CC2)s1. The first-order valence-electron chi connectivity index (χ1n) is 8.89. The van der Waals surface area contributed by atoms with Crippen molar-refractivity contribution in [3.05, 3.63) is 46.2 Å². The second kappa shape index (κ2) is 8.64. The number of nitrogens with zero attached hydrogens (tertiary/aromatic N) is 4. The van der Waals surface area contributed by atoms with E-state index in [1.807, 2.05) is 25.1 Å². The second-order valence-electron chi connectivity index (χ2n) is 6.76. The number of carbonyl (C=O) groups is 1. The molecule has 1 aromatic carbocycles. The van der Waals surface area contributed by atoms with Crippen LogP contribution >= 0.6 is 11.3 Å². The molecule has 10 heteroatoms. The molecule has 1 aromatic heterocycles. The zero-order valence-corrected chi connectivity index (χ0v) is 17.5. The van der Waals surface area contributed by atoms with Gasteiger partial charge in [-0.1, -0.05) is 6.07 Å². The predicted molar refractivity (Wildman–Crippen MR) is 105 cm³/mol. The Morgan fingerprint density at radius 2 is 2.00 bits per heavy atom. The Bertz CT molecular complexity index is 940. The van der Waals surface area contributed by atoms with Crippen molar-refractivity contribution >= 4 is 27.3 Å². The third kappa shape index (κ3) is 4.93. The summed E-state index contributed by atoms with van der Waals surface area (Å²) >= 11 is 1.60. The maximum absolute atomic E-state index is 13.4. The van der Waals surface area contributed by atoms with Gasteiger partial charge in [0.2, 0.25) is 15.9 Å². The number of likely N-dealkylation sites (N-methyl/N-ethyl adjacent to an activating group) is 1. The van der Waals surface area contributed by atoms with Crippen LogP contribution in [0.2, 0.25) is 0 Å². The standard InChI is InChI=1S/C18H23FN4O3S2/c1-14-20-11-16(27-14)12-21(2)13-18(24)22-6-8-23(9-7-22)28(25,26)17-5-3-4-15(19)10-17/h3-5,10-11H,6-9,12-13H2,1-2H3. The highest BCUT2D eigenvalue weighted by atomic mass is 32.2. The van der Waals surface area contributed by atoms with E-state index < -0.39 is 15.8 Å². The fraction of sp³-hybridized carbons (Fsp3) is 0.444. The number of amides is 1. The molecule has 7 nitrogen and oxygen atoms in total. The smallest absolute Gasteiger partial charge is 0.243 e. The summed E-state index contributed by atoms with van der Waals surface area (Å²) < 4.78 is 40.0. The van der Waals surface area contributed by atoms with Crippen LogP contribution in [0.1, 0.15) is 9.88 Å². The molecule has 1 saturated heterocycles. The minimum Gasteiger partial charge on any atom is -0.339 e. The molecule has 1 aliphatic rings. The maximum Gasteiger partial charge on any atom is 0.243 e. The fourth-order valence-corrected chi connectivity index (χ4v) is 5.42. The van der Waals surface area contributed by atoms with E-state index in [2.05, 4.69) is 4.98 Å². The Balaban J connectivity index is 1.53. The van der Waals surface area contributed by atoms with Crippen molar-refractivity contribution in [2.45, 2.75) is 18.4 Å². The molecule has 0 spiro atoms. The summed E-state index contributed by atoms with van der Waals surface area (Å²) in [5, 5.41) is 0.991. The first kappa shape index (κ1) is 20.8. The Labute approximate surface area is 168 Å². The molecular weight excluding hydrogens is 403 g/mol. The van der Waals surface area contributed by atoms with Gasteiger partial charge in [0.1, 0.15) is 5.82 Å². The van der Waals surface area contributed by atoms with E-state index in [4.69, 9.17) is 0 Å². The van der Waals surface area contributed by atoms with Crippen molar-refractivity contribution in [1.29, 1.82) is 0 Å². The van der Waals surface area contributed by atoms with Crippen molar-refractivity contribution in [2.75, 3.05) is 39.8 Å². The zero-order chi connectivity index (χ0) is 20.3. The molecule has 2 heterocycles. The van der Waals surface area contributed by atoms with Gasteiger partial charge in [0.05, 0.1) is 16.4 Å². The van der Waals surface area contributed by atoms with Gasteiger partial charge in [0.15, 0.2) is 0 Å². The summed E-state index contributed by atoms with van der Waals surface area (Å²) in [5.74, 6) is -0.624. The van der Waals surface area contributed by atoms with Gasteiger partial charge in [0, 0.05) is 43.8 Å². The summed E-state index contributed by atoms with van der Waals surface area (Å²) in [6, 6.07) is 4.98. The molecule has 2 aromatic rings. The number of aromatic nitrogens is 1. The quantitative estimate of drug-likeness (QED) is 0.701. The van der Waals surface area contributed by atoms with Gasteiger partial charge < -0.3 is 4.90 Å². The van der Waals surface area contributed by atoms with E-state index in [0.29, 0.717) is 19.6 Å². The van der Waals surface area contributed by atoms with Crippen molar-refractivity contribution in [3.63, 3.8) is 0 Å². The van der Waals surface area contributed by atoms with Crippen LogP contribution in [0.5, 0.6) is 0 Å². The lowest BCUT2D eigenvalue weighted by Crippen LogP contribution is -2.52. The highest BCUT2D eigenvalue weighted by Crippen LogP contribution is 2.19. The van der Waals surface area contributed by atoms with Crippen LogP contribution in [-0.4, -0.2) is 73.2 Å². The van der Waals surface area contributed by atoms with Crippen molar-refractivity contribution in [3.8, 4) is 0 Å². The molecule has 0 N–H and O–H groups in total. The molecule has 0 radical (unpaired) electrons. The molecule has 3 rings (SSSR count). The zero-order valence-electron chi connectivity index (χ0n) is 15.8. The summed E-state index contributed by atoms with van der Waals surface area (Å²) in [7, 11) is -1.88. The highest BCUT2D eigenvalue weighted by molar-refractivity contribution is 7.89. The molecular formula is C18H23FN4O3S2. The summed E-state index contributed by atoms with van der Waals surface area (Å²) in [6.07, 6.45) is 1.82. The Hall–Kier alpha value is -1.88. The van der Waals surface area contributed by atoms with Gasteiger partial charge in [-0.2, -0.15) is 4.31 Å². The molecule has 1 amide bonds. The molecule has 0 unspecified atom stereocenters. The summed E-state index contributed by atoms with van der Waals surface area (Å²) in [5.41, 5.74) is 0. The monoisotopic (exact) mass is 426 g/mol. The summed E-state index contributed by atoms with van der Waals surface area (Å²) in [4.78, 5) is 21.4. The Morgan fingerprint density at radius 1 is 1.29 bits per heavy atom. The molecule has 28 heavy (non-hydrogen) atoms. The lowest BCUT2D eigenvalue weighted by atomic mass is 10.3. The van der Waals surface area contributed by atoms with Crippen molar-refractivity contribution in [2.24, 2.45) is 0 Å². The molecule has 1 fully saturated rings. The molecule has 0 atom stereocenters. The number of hydrogen-bond donors (Lipinski definition) is 0. The minimum atomic E-state index is -3.76. The second-order valence-corrected chi connectivity index (χ2v) is 10.0. The van der Waals surface area contributed by atoms with E-state index in [-0.39, 0.29) is 30.4 Å².